The molecule has 0 unspecified atom stereocenters. The van der Waals surface area contributed by atoms with Gasteiger partial charge >= 0.3 is 0 Å². The lowest BCUT2D eigenvalue weighted by Crippen LogP contribution is -2.37. The highest BCUT2D eigenvalue weighted by Gasteiger charge is 2.14. The topological polar surface area (TPSA) is 47.6 Å². The smallest absolute Gasteiger partial charge is 0.260 e. The van der Waals surface area contributed by atoms with E-state index >= 15 is 0 Å². The summed E-state index contributed by atoms with van der Waals surface area (Å²) in [5, 5.41) is 5.03. The Hall–Kier alpha value is -3.01. The second-order valence-electron chi connectivity index (χ2n) is 6.16. The third-order valence-corrected chi connectivity index (χ3v) is 4.26. The molecule has 4 nitrogen and oxygen atoms in total. The number of methoxy groups -OCH3 is 1. The van der Waals surface area contributed by atoms with E-state index in [9.17, 15) is 4.79 Å². The molecule has 4 heteroatoms. The minimum absolute atomic E-state index is 0.119. The van der Waals surface area contributed by atoms with Crippen LogP contribution in [0.25, 0.3) is 10.8 Å². The Morgan fingerprint density at radius 1 is 0.962 bits per heavy atom. The van der Waals surface area contributed by atoms with Gasteiger partial charge in [0.15, 0.2) is 6.10 Å². The lowest BCUT2D eigenvalue weighted by atomic mass is 10.1. The van der Waals surface area contributed by atoms with Crippen LogP contribution < -0.4 is 14.8 Å². The van der Waals surface area contributed by atoms with E-state index in [-0.39, 0.29) is 5.91 Å². The molecule has 0 aliphatic rings. The summed E-state index contributed by atoms with van der Waals surface area (Å²) in [6, 6.07) is 21.7. The summed E-state index contributed by atoms with van der Waals surface area (Å²) in [5.74, 6) is 1.34. The Morgan fingerprint density at radius 3 is 2.38 bits per heavy atom. The summed E-state index contributed by atoms with van der Waals surface area (Å²) >= 11 is 0. The van der Waals surface area contributed by atoms with Gasteiger partial charge in [0.25, 0.3) is 5.91 Å². The molecule has 0 fully saturated rings. The van der Waals surface area contributed by atoms with Gasteiger partial charge < -0.3 is 14.8 Å². The Morgan fingerprint density at radius 2 is 1.65 bits per heavy atom. The Kier molecular flexibility index (Phi) is 5.74. The van der Waals surface area contributed by atoms with Crippen LogP contribution in [0.2, 0.25) is 0 Å². The van der Waals surface area contributed by atoms with E-state index in [2.05, 4.69) is 17.4 Å². The number of carbonyl (C=O) groups is 1. The standard InChI is InChI=1S/C22H23NO3/c1-16(22(24)23-13-12-17-6-4-3-5-7-17)26-21-11-9-18-8-10-20(25-2)14-19(18)15-21/h3-11,14-16H,12-13H2,1-2H3,(H,23,24)/t16-/m1/s1. The van der Waals surface area contributed by atoms with Crippen LogP contribution in [0.3, 0.4) is 0 Å². The molecule has 0 radical (unpaired) electrons. The van der Waals surface area contributed by atoms with Crippen molar-refractivity contribution >= 4 is 16.7 Å². The molecule has 0 saturated heterocycles. The molecule has 0 spiro atoms. The molecule has 0 bridgehead atoms. The van der Waals surface area contributed by atoms with E-state index in [1.807, 2.05) is 54.6 Å². The van der Waals surface area contributed by atoms with Crippen LogP contribution in [0, 0.1) is 0 Å². The van der Waals surface area contributed by atoms with Crippen LogP contribution in [0.15, 0.2) is 66.7 Å². The monoisotopic (exact) mass is 349 g/mol. The summed E-state index contributed by atoms with van der Waals surface area (Å²) in [4.78, 5) is 12.2. The van der Waals surface area contributed by atoms with Crippen molar-refractivity contribution in [2.75, 3.05) is 13.7 Å². The first-order valence-corrected chi connectivity index (χ1v) is 8.72. The van der Waals surface area contributed by atoms with Crippen molar-refractivity contribution in [3.63, 3.8) is 0 Å². The van der Waals surface area contributed by atoms with Gasteiger partial charge in [0, 0.05) is 6.54 Å². The zero-order valence-corrected chi connectivity index (χ0v) is 15.1. The minimum atomic E-state index is -0.561. The highest BCUT2D eigenvalue weighted by molar-refractivity contribution is 5.85. The summed E-state index contributed by atoms with van der Waals surface area (Å²) in [7, 11) is 1.64. The van der Waals surface area contributed by atoms with Crippen LogP contribution in [0.4, 0.5) is 0 Å². The van der Waals surface area contributed by atoms with E-state index in [0.717, 1.165) is 22.9 Å². The highest BCUT2D eigenvalue weighted by Crippen LogP contribution is 2.25. The molecule has 0 heterocycles. The maximum absolute atomic E-state index is 12.2. The van der Waals surface area contributed by atoms with Gasteiger partial charge in [0.05, 0.1) is 7.11 Å². The van der Waals surface area contributed by atoms with Crippen LogP contribution >= 0.6 is 0 Å². The van der Waals surface area contributed by atoms with Crippen molar-refractivity contribution in [1.82, 2.24) is 5.32 Å². The van der Waals surface area contributed by atoms with Crippen molar-refractivity contribution in [1.29, 1.82) is 0 Å². The van der Waals surface area contributed by atoms with Gasteiger partial charge in [-0.2, -0.15) is 0 Å². The van der Waals surface area contributed by atoms with Gasteiger partial charge in [-0.3, -0.25) is 4.79 Å². The average molecular weight is 349 g/mol. The van der Waals surface area contributed by atoms with Gasteiger partial charge in [0.1, 0.15) is 11.5 Å². The maximum Gasteiger partial charge on any atom is 0.260 e. The van der Waals surface area contributed by atoms with Crippen molar-refractivity contribution in [2.24, 2.45) is 0 Å². The van der Waals surface area contributed by atoms with E-state index in [4.69, 9.17) is 9.47 Å². The Bertz CT molecular complexity index is 877. The fraction of sp³-hybridized carbons (Fsp3) is 0.227. The third kappa shape index (κ3) is 4.54. The molecule has 1 amide bonds. The molecular weight excluding hydrogens is 326 g/mol. The first-order chi connectivity index (χ1) is 12.7. The van der Waals surface area contributed by atoms with E-state index in [0.29, 0.717) is 12.3 Å². The average Bonchev–Trinajstić information content (AvgIpc) is 2.68. The minimum Gasteiger partial charge on any atom is -0.497 e. The van der Waals surface area contributed by atoms with Crippen LogP contribution in [0.5, 0.6) is 11.5 Å². The molecule has 0 aliphatic carbocycles. The Labute approximate surface area is 153 Å². The fourth-order valence-corrected chi connectivity index (χ4v) is 2.78. The van der Waals surface area contributed by atoms with Gasteiger partial charge in [0.2, 0.25) is 0 Å². The van der Waals surface area contributed by atoms with E-state index in [1.165, 1.54) is 5.56 Å². The molecule has 1 atom stereocenters. The predicted octanol–water partition coefficient (Wildman–Crippen LogP) is 3.97. The summed E-state index contributed by atoms with van der Waals surface area (Å²) in [6.45, 7) is 2.35. The lowest BCUT2D eigenvalue weighted by molar-refractivity contribution is -0.127. The summed E-state index contributed by atoms with van der Waals surface area (Å²) in [6.07, 6.45) is 0.239. The number of ether oxygens (including phenoxy) is 2. The van der Waals surface area contributed by atoms with E-state index < -0.39 is 6.10 Å². The molecule has 3 rings (SSSR count). The lowest BCUT2D eigenvalue weighted by Gasteiger charge is -2.15. The second-order valence-corrected chi connectivity index (χ2v) is 6.16. The number of carbonyl (C=O) groups excluding carboxylic acids is 1. The number of benzene rings is 3. The number of amides is 1. The number of nitrogens with one attached hydrogen (secondary N) is 1. The number of rotatable bonds is 7. The molecular formula is C22H23NO3. The van der Waals surface area contributed by atoms with Gasteiger partial charge in [-0.25, -0.2) is 0 Å². The summed E-state index contributed by atoms with van der Waals surface area (Å²) < 4.78 is 11.1. The van der Waals surface area contributed by atoms with Crippen LogP contribution in [-0.2, 0) is 11.2 Å². The zero-order valence-electron chi connectivity index (χ0n) is 15.1. The first-order valence-electron chi connectivity index (χ1n) is 8.72. The molecule has 3 aromatic carbocycles. The quantitative estimate of drug-likeness (QED) is 0.702. The van der Waals surface area contributed by atoms with Crippen LogP contribution in [-0.4, -0.2) is 25.7 Å². The van der Waals surface area contributed by atoms with Gasteiger partial charge in [-0.15, -0.1) is 0 Å². The maximum atomic E-state index is 12.2. The van der Waals surface area contributed by atoms with Crippen LogP contribution in [0.1, 0.15) is 12.5 Å². The zero-order chi connectivity index (χ0) is 18.4. The number of fused-ring (bicyclic) bond motifs is 1. The molecule has 0 aromatic heterocycles. The molecule has 3 aromatic rings. The third-order valence-electron chi connectivity index (χ3n) is 4.26. The Balaban J connectivity index is 1.57. The van der Waals surface area contributed by atoms with E-state index in [1.54, 1.807) is 14.0 Å². The predicted molar refractivity (Wildman–Crippen MR) is 104 cm³/mol. The second kappa shape index (κ2) is 8.39. The highest BCUT2D eigenvalue weighted by atomic mass is 16.5. The SMILES string of the molecule is COc1ccc2ccc(O[C@H](C)C(=O)NCCc3ccccc3)cc2c1. The van der Waals surface area contributed by atoms with Crippen molar-refractivity contribution in [2.45, 2.75) is 19.4 Å². The first kappa shape index (κ1) is 17.8. The normalized spacial score (nSPS) is 11.8. The van der Waals surface area contributed by atoms with Crippen molar-refractivity contribution in [3.05, 3.63) is 72.3 Å². The largest absolute Gasteiger partial charge is 0.497 e. The number of hydrogen-bond acceptors (Lipinski definition) is 3. The number of hydrogen-bond donors (Lipinski definition) is 1. The fourth-order valence-electron chi connectivity index (χ4n) is 2.78. The van der Waals surface area contributed by atoms with Crippen molar-refractivity contribution < 1.29 is 14.3 Å². The molecule has 0 saturated carbocycles. The molecule has 134 valence electrons. The summed E-state index contributed by atoms with van der Waals surface area (Å²) in [5.41, 5.74) is 1.20. The van der Waals surface area contributed by atoms with Gasteiger partial charge in [-0.1, -0.05) is 42.5 Å². The molecule has 1 N–H and O–H groups in total. The molecule has 26 heavy (non-hydrogen) atoms. The van der Waals surface area contributed by atoms with Crippen molar-refractivity contribution in [3.8, 4) is 11.5 Å². The van der Waals surface area contributed by atoms with Gasteiger partial charge in [-0.05, 0) is 53.9 Å². The molecule has 0 aliphatic heterocycles.